The highest BCUT2D eigenvalue weighted by Gasteiger charge is 2.25. The van der Waals surface area contributed by atoms with Gasteiger partial charge >= 0.3 is 0 Å². The molecule has 1 fully saturated rings. The summed E-state index contributed by atoms with van der Waals surface area (Å²) in [5, 5.41) is 3.00. The maximum Gasteiger partial charge on any atom is 0.220 e. The predicted octanol–water partition coefficient (Wildman–Crippen LogP) is 1.81. The quantitative estimate of drug-likeness (QED) is 0.898. The Morgan fingerprint density at radius 2 is 2.33 bits per heavy atom. The van der Waals surface area contributed by atoms with E-state index in [0.29, 0.717) is 12.5 Å². The molecule has 0 aliphatic carbocycles. The van der Waals surface area contributed by atoms with E-state index in [2.05, 4.69) is 40.3 Å². The highest BCUT2D eigenvalue weighted by atomic mass is 16.1. The minimum atomic E-state index is 0.0199. The van der Waals surface area contributed by atoms with E-state index in [1.165, 1.54) is 6.42 Å². The number of aromatic nitrogens is 1. The molecule has 1 amide bonds. The van der Waals surface area contributed by atoms with E-state index in [1.54, 1.807) is 0 Å². The Bertz CT molecular complexity index is 489. The maximum atomic E-state index is 11.5. The number of nitrogens with one attached hydrogen (secondary N) is 1. The molecule has 5 heteroatoms. The molecule has 0 radical (unpaired) electrons. The molecule has 2 rings (SSSR count). The average Bonchev–Trinajstić information content (AvgIpc) is 2.97. The molecule has 2 heterocycles. The van der Waals surface area contributed by atoms with Crippen molar-refractivity contribution in [2.24, 2.45) is 0 Å². The van der Waals surface area contributed by atoms with Crippen LogP contribution in [0, 0.1) is 0 Å². The van der Waals surface area contributed by atoms with Crippen molar-refractivity contribution in [2.75, 3.05) is 32.1 Å². The fourth-order valence-corrected chi connectivity index (χ4v) is 2.67. The molecule has 2 atom stereocenters. The van der Waals surface area contributed by atoms with Crippen LogP contribution >= 0.6 is 0 Å². The molecule has 1 aliphatic rings. The summed E-state index contributed by atoms with van der Waals surface area (Å²) in [7, 11) is 4.25. The molecule has 1 N–H and O–H groups in total. The van der Waals surface area contributed by atoms with Crippen LogP contribution in [-0.4, -0.2) is 49.0 Å². The van der Waals surface area contributed by atoms with Crippen molar-refractivity contribution in [1.82, 2.24) is 15.2 Å². The van der Waals surface area contributed by atoms with Crippen molar-refractivity contribution in [3.8, 4) is 0 Å². The minimum absolute atomic E-state index is 0.0199. The van der Waals surface area contributed by atoms with Gasteiger partial charge in [-0.15, -0.1) is 0 Å². The van der Waals surface area contributed by atoms with Crippen LogP contribution in [0.5, 0.6) is 0 Å². The third-order valence-electron chi connectivity index (χ3n) is 4.19. The number of hydrogen-bond acceptors (Lipinski definition) is 4. The van der Waals surface area contributed by atoms with Gasteiger partial charge < -0.3 is 15.1 Å². The first-order valence-electron chi connectivity index (χ1n) is 7.68. The summed E-state index contributed by atoms with van der Waals surface area (Å²) in [5.74, 6) is 1.09. The van der Waals surface area contributed by atoms with Crippen LogP contribution in [0.2, 0.25) is 0 Å². The number of carbonyl (C=O) groups excluding carboxylic acids is 1. The lowest BCUT2D eigenvalue weighted by atomic mass is 10.1. The molecule has 0 aromatic carbocycles. The van der Waals surface area contributed by atoms with E-state index in [-0.39, 0.29) is 11.9 Å². The lowest BCUT2D eigenvalue weighted by molar-refractivity contribution is -0.121. The Morgan fingerprint density at radius 1 is 1.57 bits per heavy atom. The highest BCUT2D eigenvalue weighted by Crippen LogP contribution is 2.23. The van der Waals surface area contributed by atoms with Crippen molar-refractivity contribution in [3.05, 3.63) is 23.9 Å². The van der Waals surface area contributed by atoms with E-state index in [9.17, 15) is 4.79 Å². The Morgan fingerprint density at radius 3 is 2.95 bits per heavy atom. The molecule has 1 aromatic heterocycles. The third kappa shape index (κ3) is 3.94. The number of amides is 1. The SMILES string of the molecule is CCC(=O)N[C@H](C)c1ccnc(N2CC[C@H](N(C)C)C2)c1. The Balaban J connectivity index is 2.06. The summed E-state index contributed by atoms with van der Waals surface area (Å²) in [5.41, 5.74) is 1.11. The summed E-state index contributed by atoms with van der Waals surface area (Å²) in [6.07, 6.45) is 3.52. The summed E-state index contributed by atoms with van der Waals surface area (Å²) < 4.78 is 0. The van der Waals surface area contributed by atoms with Gasteiger partial charge in [0.2, 0.25) is 5.91 Å². The maximum absolute atomic E-state index is 11.5. The summed E-state index contributed by atoms with van der Waals surface area (Å²) in [6, 6.07) is 4.68. The van der Waals surface area contributed by atoms with Gasteiger partial charge in [0, 0.05) is 31.7 Å². The van der Waals surface area contributed by atoms with Crippen LogP contribution in [0.1, 0.15) is 38.3 Å². The van der Waals surface area contributed by atoms with Gasteiger partial charge in [-0.05, 0) is 45.1 Å². The molecule has 0 bridgehead atoms. The summed E-state index contributed by atoms with van der Waals surface area (Å²) in [6.45, 7) is 5.93. The molecule has 0 unspecified atom stereocenters. The van der Waals surface area contributed by atoms with Gasteiger partial charge in [-0.1, -0.05) is 6.92 Å². The van der Waals surface area contributed by atoms with Crippen molar-refractivity contribution in [2.45, 2.75) is 38.8 Å². The fourth-order valence-electron chi connectivity index (χ4n) is 2.67. The van der Waals surface area contributed by atoms with Crippen molar-refractivity contribution in [3.63, 3.8) is 0 Å². The molecule has 21 heavy (non-hydrogen) atoms. The average molecular weight is 290 g/mol. The van der Waals surface area contributed by atoms with Gasteiger partial charge in [-0.25, -0.2) is 4.98 Å². The van der Waals surface area contributed by atoms with Gasteiger partial charge in [0.1, 0.15) is 5.82 Å². The van der Waals surface area contributed by atoms with Gasteiger partial charge in [0.05, 0.1) is 6.04 Å². The van der Waals surface area contributed by atoms with Crippen LogP contribution in [0.3, 0.4) is 0 Å². The molecule has 0 saturated carbocycles. The Hall–Kier alpha value is -1.62. The smallest absolute Gasteiger partial charge is 0.220 e. The second-order valence-electron chi connectivity index (χ2n) is 5.94. The Kier molecular flexibility index (Phi) is 5.17. The summed E-state index contributed by atoms with van der Waals surface area (Å²) in [4.78, 5) is 20.6. The zero-order valence-electron chi connectivity index (χ0n) is 13.5. The number of nitrogens with zero attached hydrogens (tertiary/aromatic N) is 3. The zero-order valence-corrected chi connectivity index (χ0v) is 13.5. The van der Waals surface area contributed by atoms with Crippen LogP contribution in [0.25, 0.3) is 0 Å². The zero-order chi connectivity index (χ0) is 15.4. The lowest BCUT2D eigenvalue weighted by Gasteiger charge is -2.22. The van der Waals surface area contributed by atoms with Gasteiger partial charge in [0.15, 0.2) is 0 Å². The summed E-state index contributed by atoms with van der Waals surface area (Å²) >= 11 is 0. The largest absolute Gasteiger partial charge is 0.355 e. The standard InChI is InChI=1S/C16H26N4O/c1-5-16(21)18-12(2)13-6-8-17-15(10-13)20-9-7-14(11-20)19(3)4/h6,8,10,12,14H,5,7,9,11H2,1-4H3,(H,18,21)/t12-,14+/m1/s1. The highest BCUT2D eigenvalue weighted by molar-refractivity contribution is 5.76. The van der Waals surface area contributed by atoms with Crippen LogP contribution in [0.4, 0.5) is 5.82 Å². The molecule has 116 valence electrons. The van der Waals surface area contributed by atoms with Gasteiger partial charge in [-0.3, -0.25) is 4.79 Å². The molecule has 1 aromatic rings. The van der Waals surface area contributed by atoms with Crippen molar-refractivity contribution < 1.29 is 4.79 Å². The topological polar surface area (TPSA) is 48.5 Å². The fraction of sp³-hybridized carbons (Fsp3) is 0.625. The number of likely N-dealkylation sites (N-methyl/N-ethyl adjacent to an activating group) is 1. The molecule has 0 spiro atoms. The molecular weight excluding hydrogens is 264 g/mol. The van der Waals surface area contributed by atoms with Crippen molar-refractivity contribution in [1.29, 1.82) is 0 Å². The van der Waals surface area contributed by atoms with Gasteiger partial charge in [-0.2, -0.15) is 0 Å². The molecule has 1 saturated heterocycles. The number of hydrogen-bond donors (Lipinski definition) is 1. The first kappa shape index (κ1) is 15.8. The van der Waals surface area contributed by atoms with Crippen LogP contribution in [-0.2, 0) is 4.79 Å². The molecule has 5 nitrogen and oxygen atoms in total. The third-order valence-corrected chi connectivity index (χ3v) is 4.19. The van der Waals surface area contributed by atoms with E-state index < -0.39 is 0 Å². The number of anilines is 1. The minimum Gasteiger partial charge on any atom is -0.355 e. The normalized spacial score (nSPS) is 19.9. The van der Waals surface area contributed by atoms with Crippen LogP contribution in [0.15, 0.2) is 18.3 Å². The van der Waals surface area contributed by atoms with Crippen molar-refractivity contribution >= 4 is 11.7 Å². The van der Waals surface area contributed by atoms with E-state index >= 15 is 0 Å². The Labute approximate surface area is 127 Å². The van der Waals surface area contributed by atoms with E-state index in [1.807, 2.05) is 26.1 Å². The van der Waals surface area contributed by atoms with Crippen LogP contribution < -0.4 is 10.2 Å². The second-order valence-corrected chi connectivity index (χ2v) is 5.94. The predicted molar refractivity (Wildman–Crippen MR) is 85.4 cm³/mol. The first-order valence-corrected chi connectivity index (χ1v) is 7.68. The van der Waals surface area contributed by atoms with E-state index in [4.69, 9.17) is 0 Å². The monoisotopic (exact) mass is 290 g/mol. The molecule has 1 aliphatic heterocycles. The number of pyridine rings is 1. The first-order chi connectivity index (χ1) is 10.0. The second kappa shape index (κ2) is 6.89. The number of rotatable bonds is 5. The van der Waals surface area contributed by atoms with Gasteiger partial charge in [0.25, 0.3) is 0 Å². The van der Waals surface area contributed by atoms with E-state index in [0.717, 1.165) is 24.5 Å². The lowest BCUT2D eigenvalue weighted by Crippen LogP contribution is -2.31. The molecular formula is C16H26N4O. The number of carbonyl (C=O) groups is 1.